The number of H-pyrrole nitrogens is 1. The molecule has 0 aliphatic carbocycles. The third kappa shape index (κ3) is 1.76. The lowest BCUT2D eigenvalue weighted by Gasteiger charge is -1.87. The molecule has 0 atom stereocenters. The lowest BCUT2D eigenvalue weighted by molar-refractivity contribution is 0.840. The highest BCUT2D eigenvalue weighted by Crippen LogP contribution is 1.97. The molecule has 0 aliphatic heterocycles. The fraction of sp³-hybridized carbons (Fsp3) is 0.0833. The molecule has 2 aromatic rings. The van der Waals surface area contributed by atoms with Crippen LogP contribution >= 0.6 is 0 Å². The van der Waals surface area contributed by atoms with Gasteiger partial charge in [-0.1, -0.05) is 36.9 Å². The number of hydrogen-bond acceptors (Lipinski definition) is 1. The van der Waals surface area contributed by atoms with Crippen molar-refractivity contribution >= 4 is 12.7 Å². The summed E-state index contributed by atoms with van der Waals surface area (Å²) in [5, 5.41) is 0.564. The van der Waals surface area contributed by atoms with Crippen molar-refractivity contribution in [3.8, 4) is 0 Å². The van der Waals surface area contributed by atoms with Gasteiger partial charge in [0.25, 0.3) is 5.56 Å². The predicted octanol–water partition coefficient (Wildman–Crippen LogP) is -0.0475. The molecule has 0 saturated heterocycles. The van der Waals surface area contributed by atoms with E-state index < -0.39 is 0 Å². The highest BCUT2D eigenvalue weighted by Gasteiger charge is 1.96. The van der Waals surface area contributed by atoms with Gasteiger partial charge in [0.2, 0.25) is 0 Å². The van der Waals surface area contributed by atoms with Crippen LogP contribution in [0.1, 0.15) is 5.56 Å². The number of aromatic amines is 1. The first-order chi connectivity index (χ1) is 7.18. The molecule has 15 heavy (non-hydrogen) atoms. The Hall–Kier alpha value is -2.03. The minimum atomic E-state index is -0.0520. The standard InChI is InChI=1S/C12H12N2O/c1-9-13-11(12(15)14(9)2)8-10-6-4-3-5-7-10/h3-8,13H,1H2,2H3/b11-8-. The van der Waals surface area contributed by atoms with Crippen LogP contribution in [0, 0.1) is 0 Å². The molecule has 0 fully saturated rings. The van der Waals surface area contributed by atoms with Gasteiger partial charge in [-0.3, -0.25) is 9.36 Å². The topological polar surface area (TPSA) is 37.8 Å². The van der Waals surface area contributed by atoms with Crippen molar-refractivity contribution in [3.05, 3.63) is 57.1 Å². The minimum Gasteiger partial charge on any atom is -0.338 e. The van der Waals surface area contributed by atoms with E-state index >= 15 is 0 Å². The zero-order valence-electron chi connectivity index (χ0n) is 8.53. The molecule has 0 spiro atoms. The predicted molar refractivity (Wildman–Crippen MR) is 60.8 cm³/mol. The Morgan fingerprint density at radius 3 is 2.53 bits per heavy atom. The number of hydrogen-bond donors (Lipinski definition) is 1. The summed E-state index contributed by atoms with van der Waals surface area (Å²) in [6.07, 6.45) is 1.82. The Balaban J connectivity index is 2.66. The molecule has 3 heteroatoms. The van der Waals surface area contributed by atoms with Crippen molar-refractivity contribution in [1.29, 1.82) is 0 Å². The first-order valence-electron chi connectivity index (χ1n) is 4.69. The molecule has 0 radical (unpaired) electrons. The largest absolute Gasteiger partial charge is 0.338 e. The van der Waals surface area contributed by atoms with E-state index in [1.807, 2.05) is 36.4 Å². The number of nitrogens with one attached hydrogen (secondary N) is 1. The van der Waals surface area contributed by atoms with E-state index in [2.05, 4.69) is 11.6 Å². The Bertz CT molecular complexity index is 620. The Kier molecular flexibility index (Phi) is 2.29. The summed E-state index contributed by atoms with van der Waals surface area (Å²) < 4.78 is 1.49. The molecule has 0 aliphatic rings. The molecule has 1 heterocycles. The maximum Gasteiger partial charge on any atom is 0.275 e. The molecule has 1 N–H and O–H groups in total. The van der Waals surface area contributed by atoms with E-state index in [1.165, 1.54) is 4.57 Å². The van der Waals surface area contributed by atoms with Gasteiger partial charge in [0.1, 0.15) is 10.8 Å². The van der Waals surface area contributed by atoms with Gasteiger partial charge in [-0.25, -0.2) is 0 Å². The Labute approximate surface area is 87.0 Å². The van der Waals surface area contributed by atoms with Crippen molar-refractivity contribution < 1.29 is 0 Å². The average molecular weight is 200 g/mol. The first kappa shape index (κ1) is 9.52. The highest BCUT2D eigenvalue weighted by atomic mass is 16.1. The highest BCUT2D eigenvalue weighted by molar-refractivity contribution is 5.47. The lowest BCUT2D eigenvalue weighted by Crippen LogP contribution is -2.28. The van der Waals surface area contributed by atoms with Crippen molar-refractivity contribution in [2.24, 2.45) is 7.05 Å². The van der Waals surface area contributed by atoms with Crippen LogP contribution < -0.4 is 16.4 Å². The summed E-state index contributed by atoms with van der Waals surface area (Å²) in [7, 11) is 1.70. The first-order valence-corrected chi connectivity index (χ1v) is 4.69. The van der Waals surface area contributed by atoms with Crippen molar-refractivity contribution in [1.82, 2.24) is 9.55 Å². The zero-order chi connectivity index (χ0) is 10.8. The van der Waals surface area contributed by atoms with Gasteiger partial charge in [0.05, 0.1) is 0 Å². The SMILES string of the molecule is C=c1[nH]/c(=C\c2ccccc2)c(=O)n1C. The van der Waals surface area contributed by atoms with Crippen molar-refractivity contribution in [2.45, 2.75) is 0 Å². The molecular formula is C12H12N2O. The molecule has 0 saturated carbocycles. The molecule has 1 aromatic heterocycles. The van der Waals surface area contributed by atoms with E-state index in [1.54, 1.807) is 7.05 Å². The average Bonchev–Trinajstić information content (AvgIpc) is 2.48. The van der Waals surface area contributed by atoms with Crippen LogP contribution in [0.5, 0.6) is 0 Å². The summed E-state index contributed by atoms with van der Waals surface area (Å²) in [6.45, 7) is 3.73. The maximum absolute atomic E-state index is 11.7. The van der Waals surface area contributed by atoms with Gasteiger partial charge < -0.3 is 4.98 Å². The summed E-state index contributed by atoms with van der Waals surface area (Å²) in [5.74, 6) is 0. The molecular weight excluding hydrogens is 188 g/mol. The minimum absolute atomic E-state index is 0.0520. The third-order valence-electron chi connectivity index (χ3n) is 2.33. The molecule has 3 nitrogen and oxygen atoms in total. The number of benzene rings is 1. The second kappa shape index (κ2) is 3.61. The Morgan fingerprint density at radius 2 is 2.00 bits per heavy atom. The summed E-state index contributed by atoms with van der Waals surface area (Å²) in [6, 6.07) is 9.71. The summed E-state index contributed by atoms with van der Waals surface area (Å²) >= 11 is 0. The fourth-order valence-corrected chi connectivity index (χ4v) is 1.41. The molecule has 1 aromatic carbocycles. The normalized spacial score (nSPS) is 11.9. The van der Waals surface area contributed by atoms with Gasteiger partial charge in [-0.2, -0.15) is 0 Å². The van der Waals surface area contributed by atoms with Gasteiger partial charge >= 0.3 is 0 Å². The number of aromatic nitrogens is 2. The van der Waals surface area contributed by atoms with Gasteiger partial charge in [-0.15, -0.1) is 0 Å². The monoisotopic (exact) mass is 200 g/mol. The summed E-state index contributed by atoms with van der Waals surface area (Å²) in [5.41, 5.74) is 1.56. The Morgan fingerprint density at radius 1 is 1.33 bits per heavy atom. The van der Waals surface area contributed by atoms with E-state index in [0.717, 1.165) is 5.56 Å². The molecule has 76 valence electrons. The van der Waals surface area contributed by atoms with Crippen LogP contribution in [0.3, 0.4) is 0 Å². The van der Waals surface area contributed by atoms with E-state index in [0.29, 0.717) is 10.8 Å². The van der Waals surface area contributed by atoms with Crippen molar-refractivity contribution in [3.63, 3.8) is 0 Å². The smallest absolute Gasteiger partial charge is 0.275 e. The van der Waals surface area contributed by atoms with Crippen LogP contribution in [0.15, 0.2) is 35.1 Å². The van der Waals surface area contributed by atoms with Crippen LogP contribution in [0.2, 0.25) is 0 Å². The van der Waals surface area contributed by atoms with Gasteiger partial charge in [-0.05, 0) is 11.6 Å². The van der Waals surface area contributed by atoms with E-state index in [4.69, 9.17) is 0 Å². The number of nitrogens with zero attached hydrogens (tertiary/aromatic N) is 1. The van der Waals surface area contributed by atoms with Crippen molar-refractivity contribution in [2.75, 3.05) is 0 Å². The van der Waals surface area contributed by atoms with E-state index in [9.17, 15) is 4.79 Å². The molecule has 0 amide bonds. The van der Waals surface area contributed by atoms with Crippen LogP contribution in [-0.2, 0) is 7.05 Å². The zero-order valence-corrected chi connectivity index (χ0v) is 8.53. The van der Waals surface area contributed by atoms with Crippen LogP contribution in [-0.4, -0.2) is 9.55 Å². The molecule has 2 rings (SSSR count). The quantitative estimate of drug-likeness (QED) is 0.688. The third-order valence-corrected chi connectivity index (χ3v) is 2.33. The van der Waals surface area contributed by atoms with E-state index in [-0.39, 0.29) is 5.56 Å². The van der Waals surface area contributed by atoms with Crippen LogP contribution in [0.25, 0.3) is 12.7 Å². The second-order valence-corrected chi connectivity index (χ2v) is 3.40. The van der Waals surface area contributed by atoms with Gasteiger partial charge in [0.15, 0.2) is 0 Å². The lowest BCUT2D eigenvalue weighted by atomic mass is 10.2. The number of rotatable bonds is 1. The fourth-order valence-electron chi connectivity index (χ4n) is 1.41. The molecule has 0 unspecified atom stereocenters. The second-order valence-electron chi connectivity index (χ2n) is 3.40. The van der Waals surface area contributed by atoms with Crippen LogP contribution in [0.4, 0.5) is 0 Å². The molecule has 0 bridgehead atoms. The maximum atomic E-state index is 11.7. The number of imidazole rings is 1. The van der Waals surface area contributed by atoms with Gasteiger partial charge in [0, 0.05) is 7.05 Å². The summed E-state index contributed by atoms with van der Waals surface area (Å²) in [4.78, 5) is 14.6.